The molecule has 13 heteroatoms. The SMILES string of the molecule is COc1ccc([C@H](Cc2c(Cl)cncc2Cl)OC(=O)c2ccc(CNC(CO)(C(=O)OCC3CCN(C)CC3)c3ccccc3)s2)cc1OC. The lowest BCUT2D eigenvalue weighted by atomic mass is 9.90. The highest BCUT2D eigenvalue weighted by Gasteiger charge is 2.41. The van der Waals surface area contributed by atoms with Crippen molar-refractivity contribution in [3.63, 3.8) is 0 Å². The number of halogens is 2. The van der Waals surface area contributed by atoms with Crippen molar-refractivity contribution in [1.82, 2.24) is 15.2 Å². The Labute approximate surface area is 306 Å². The maximum Gasteiger partial charge on any atom is 0.348 e. The van der Waals surface area contributed by atoms with E-state index >= 15 is 0 Å². The number of piperidine rings is 1. The molecule has 4 aromatic rings. The summed E-state index contributed by atoms with van der Waals surface area (Å²) in [4.78, 5) is 34.7. The monoisotopic (exact) mass is 741 g/mol. The minimum atomic E-state index is -1.50. The van der Waals surface area contributed by atoms with Gasteiger partial charge in [-0.1, -0.05) is 59.6 Å². The zero-order chi connectivity index (χ0) is 35.7. The van der Waals surface area contributed by atoms with E-state index in [0.29, 0.717) is 43.1 Å². The number of hydrogen-bond donors (Lipinski definition) is 2. The van der Waals surface area contributed by atoms with Crippen molar-refractivity contribution in [3.8, 4) is 11.5 Å². The van der Waals surface area contributed by atoms with Gasteiger partial charge in [0.1, 0.15) is 11.0 Å². The highest BCUT2D eigenvalue weighted by Crippen LogP contribution is 2.36. The van der Waals surface area contributed by atoms with E-state index in [4.69, 9.17) is 42.1 Å². The first-order valence-electron chi connectivity index (χ1n) is 16.2. The van der Waals surface area contributed by atoms with Crippen LogP contribution in [0.4, 0.5) is 0 Å². The van der Waals surface area contributed by atoms with Crippen molar-refractivity contribution >= 4 is 46.5 Å². The molecule has 0 amide bonds. The number of carbonyl (C=O) groups is 2. The van der Waals surface area contributed by atoms with Gasteiger partial charge in [-0.25, -0.2) is 9.59 Å². The number of nitrogens with one attached hydrogen (secondary N) is 1. The van der Waals surface area contributed by atoms with Crippen LogP contribution in [0.15, 0.2) is 73.1 Å². The standard InChI is InChI=1S/C37H41Cl2N3O7S/c1-42-15-13-24(14-16-42)22-48-36(45)37(23-43,26-7-5-4-6-8-26)41-19-27-10-12-34(50-27)35(44)49-32(18-28-29(38)20-40-21-30(28)39)25-9-11-31(46-2)33(17-25)47-3/h4-12,17,20-21,24,32,41,43H,13-16,18-19,22-23H2,1-3H3/t32-,37?/m0/s1. The van der Waals surface area contributed by atoms with E-state index in [9.17, 15) is 14.7 Å². The third-order valence-electron chi connectivity index (χ3n) is 8.94. The van der Waals surface area contributed by atoms with E-state index in [0.717, 1.165) is 30.8 Å². The van der Waals surface area contributed by atoms with Crippen molar-refractivity contribution in [1.29, 1.82) is 0 Å². The van der Waals surface area contributed by atoms with Crippen LogP contribution < -0.4 is 14.8 Å². The van der Waals surface area contributed by atoms with Crippen LogP contribution >= 0.6 is 34.5 Å². The lowest BCUT2D eigenvalue weighted by Crippen LogP contribution is -2.53. The van der Waals surface area contributed by atoms with Crippen LogP contribution in [0.25, 0.3) is 0 Å². The predicted molar refractivity (Wildman–Crippen MR) is 193 cm³/mol. The van der Waals surface area contributed by atoms with E-state index in [1.54, 1.807) is 49.6 Å². The molecule has 2 atom stereocenters. The number of ether oxygens (including phenoxy) is 4. The fraction of sp³-hybridized carbons (Fsp3) is 0.378. The Hall–Kier alpha value is -3.71. The molecular weight excluding hydrogens is 701 g/mol. The molecule has 1 aliphatic heterocycles. The van der Waals surface area contributed by atoms with Crippen molar-refractivity contribution in [2.45, 2.75) is 37.5 Å². The number of carbonyl (C=O) groups excluding carboxylic acids is 2. The molecule has 0 saturated carbocycles. The normalized spacial score (nSPS) is 15.6. The molecule has 2 aromatic heterocycles. The first-order chi connectivity index (χ1) is 24.2. The van der Waals surface area contributed by atoms with Gasteiger partial charge in [0.15, 0.2) is 17.0 Å². The van der Waals surface area contributed by atoms with Crippen LogP contribution in [0.1, 0.15) is 50.2 Å². The van der Waals surface area contributed by atoms with E-state index in [2.05, 4.69) is 22.2 Å². The van der Waals surface area contributed by atoms with Gasteiger partial charge >= 0.3 is 11.9 Å². The fourth-order valence-corrected chi connectivity index (χ4v) is 7.23. The number of thiophene rings is 1. The van der Waals surface area contributed by atoms with Crippen LogP contribution in [0, 0.1) is 5.92 Å². The third-order valence-corrected chi connectivity index (χ3v) is 10.7. The summed E-state index contributed by atoms with van der Waals surface area (Å²) in [6, 6.07) is 17.8. The zero-order valence-electron chi connectivity index (χ0n) is 28.2. The maximum absolute atomic E-state index is 13.7. The summed E-state index contributed by atoms with van der Waals surface area (Å²) >= 11 is 14.1. The number of nitrogens with zero attached hydrogens (tertiary/aromatic N) is 2. The molecule has 10 nitrogen and oxygen atoms in total. The minimum absolute atomic E-state index is 0.178. The molecule has 1 unspecified atom stereocenters. The fourth-order valence-electron chi connectivity index (χ4n) is 5.88. The Morgan fingerprint density at radius 3 is 2.38 bits per heavy atom. The third kappa shape index (κ3) is 8.95. The smallest absolute Gasteiger partial charge is 0.348 e. The number of likely N-dealkylation sites (tertiary alicyclic amines) is 1. The van der Waals surface area contributed by atoms with Gasteiger partial charge in [-0.05, 0) is 79.9 Å². The Kier molecular flexibility index (Phi) is 13.1. The molecule has 3 heterocycles. The summed E-state index contributed by atoms with van der Waals surface area (Å²) in [5, 5.41) is 14.7. The molecule has 50 heavy (non-hydrogen) atoms. The van der Waals surface area contributed by atoms with Gasteiger partial charge in [0.2, 0.25) is 0 Å². The van der Waals surface area contributed by atoms with Crippen molar-refractivity contribution in [3.05, 3.63) is 110 Å². The van der Waals surface area contributed by atoms with Crippen LogP contribution in [0.5, 0.6) is 11.5 Å². The predicted octanol–water partition coefficient (Wildman–Crippen LogP) is 6.47. The number of aromatic nitrogens is 1. The number of rotatable bonds is 15. The molecule has 0 aliphatic carbocycles. The van der Waals surface area contributed by atoms with Crippen LogP contribution in [0.2, 0.25) is 10.0 Å². The van der Waals surface area contributed by atoms with Gasteiger partial charge < -0.3 is 29.0 Å². The average molecular weight is 743 g/mol. The molecule has 5 rings (SSSR count). The van der Waals surface area contributed by atoms with E-state index in [1.165, 1.54) is 30.8 Å². The van der Waals surface area contributed by atoms with Crippen LogP contribution in [0.3, 0.4) is 0 Å². The van der Waals surface area contributed by atoms with Crippen LogP contribution in [-0.2, 0) is 32.8 Å². The number of hydrogen-bond acceptors (Lipinski definition) is 11. The van der Waals surface area contributed by atoms with Gasteiger partial charge in [0, 0.05) is 30.2 Å². The summed E-state index contributed by atoms with van der Waals surface area (Å²) < 4.78 is 22.8. The van der Waals surface area contributed by atoms with Gasteiger partial charge in [0.05, 0.1) is 37.5 Å². The average Bonchev–Trinajstić information content (AvgIpc) is 3.62. The first-order valence-corrected chi connectivity index (χ1v) is 17.8. The summed E-state index contributed by atoms with van der Waals surface area (Å²) in [6.07, 6.45) is 4.25. The number of methoxy groups -OCH3 is 2. The molecule has 0 radical (unpaired) electrons. The number of aliphatic hydroxyl groups is 1. The maximum atomic E-state index is 13.7. The molecule has 0 spiro atoms. The minimum Gasteiger partial charge on any atom is -0.493 e. The van der Waals surface area contributed by atoms with Crippen molar-refractivity contribution < 1.29 is 33.6 Å². The second-order valence-electron chi connectivity index (χ2n) is 12.2. The van der Waals surface area contributed by atoms with E-state index in [1.807, 2.05) is 18.2 Å². The number of esters is 2. The summed E-state index contributed by atoms with van der Waals surface area (Å²) in [7, 11) is 5.15. The number of pyridine rings is 1. The molecule has 1 aliphatic rings. The van der Waals surface area contributed by atoms with Crippen molar-refractivity contribution in [2.75, 3.05) is 47.6 Å². The highest BCUT2D eigenvalue weighted by molar-refractivity contribution is 7.13. The highest BCUT2D eigenvalue weighted by atomic mass is 35.5. The molecule has 266 valence electrons. The Bertz CT molecular complexity index is 1730. The molecule has 0 bridgehead atoms. The lowest BCUT2D eigenvalue weighted by Gasteiger charge is -2.33. The van der Waals surface area contributed by atoms with Crippen molar-refractivity contribution in [2.24, 2.45) is 5.92 Å². The number of benzene rings is 2. The first kappa shape index (κ1) is 37.5. The Balaban J connectivity index is 1.33. The van der Waals surface area contributed by atoms with Gasteiger partial charge in [-0.3, -0.25) is 10.3 Å². The number of aliphatic hydroxyl groups excluding tert-OH is 1. The second-order valence-corrected chi connectivity index (χ2v) is 14.2. The molecule has 2 N–H and O–H groups in total. The quantitative estimate of drug-likeness (QED) is 0.131. The van der Waals surface area contributed by atoms with E-state index in [-0.39, 0.29) is 25.5 Å². The van der Waals surface area contributed by atoms with E-state index < -0.39 is 30.2 Å². The Morgan fingerprint density at radius 2 is 1.72 bits per heavy atom. The van der Waals surface area contributed by atoms with Gasteiger partial charge in [-0.2, -0.15) is 0 Å². The summed E-state index contributed by atoms with van der Waals surface area (Å²) in [5.41, 5.74) is 0.306. The van der Waals surface area contributed by atoms with Crippen LogP contribution in [-0.4, -0.2) is 74.5 Å². The zero-order valence-corrected chi connectivity index (χ0v) is 30.5. The Morgan fingerprint density at radius 1 is 1.02 bits per heavy atom. The molecule has 2 aromatic carbocycles. The molecule has 1 saturated heterocycles. The lowest BCUT2D eigenvalue weighted by molar-refractivity contribution is -0.156. The summed E-state index contributed by atoms with van der Waals surface area (Å²) in [6.45, 7) is 1.85. The molecule has 1 fully saturated rings. The van der Waals surface area contributed by atoms with Gasteiger partial charge in [0.25, 0.3) is 0 Å². The topological polar surface area (TPSA) is 119 Å². The van der Waals surface area contributed by atoms with Gasteiger partial charge in [-0.15, -0.1) is 11.3 Å². The summed E-state index contributed by atoms with van der Waals surface area (Å²) in [5.74, 6) is 0.153. The molecular formula is C37H41Cl2N3O7S. The second kappa shape index (κ2) is 17.5. The largest absolute Gasteiger partial charge is 0.493 e.